The third-order valence-electron chi connectivity index (χ3n) is 10.2. The molecule has 0 aliphatic rings. The number of ether oxygens (including phenoxy) is 1. The van der Waals surface area contributed by atoms with Gasteiger partial charge in [0.25, 0.3) is 0 Å². The molecule has 1 aromatic heterocycles. The van der Waals surface area contributed by atoms with Crippen LogP contribution in [0, 0.1) is 11.3 Å². The lowest BCUT2D eigenvalue weighted by Gasteiger charge is -2.41. The Kier molecular flexibility index (Phi) is 32.5. The van der Waals surface area contributed by atoms with Crippen molar-refractivity contribution in [1.82, 2.24) is 14.5 Å². The minimum atomic E-state index is -0.293. The number of aromatic nitrogens is 2. The van der Waals surface area contributed by atoms with Gasteiger partial charge >= 0.3 is 5.97 Å². The lowest BCUT2D eigenvalue weighted by Crippen LogP contribution is -2.49. The van der Waals surface area contributed by atoms with Crippen LogP contribution in [0.3, 0.4) is 0 Å². The van der Waals surface area contributed by atoms with Crippen molar-refractivity contribution < 1.29 is 14.6 Å². The second-order valence-electron chi connectivity index (χ2n) is 16.0. The maximum atomic E-state index is 12.6. The van der Waals surface area contributed by atoms with Gasteiger partial charge in [-0.05, 0) is 50.0 Å². The fourth-order valence-corrected chi connectivity index (χ4v) is 7.09. The highest BCUT2D eigenvalue weighted by Crippen LogP contribution is 2.28. The van der Waals surface area contributed by atoms with E-state index in [0.29, 0.717) is 25.0 Å². The van der Waals surface area contributed by atoms with Crippen LogP contribution < -0.4 is 0 Å². The molecule has 0 aromatic carbocycles. The Bertz CT molecular complexity index is 838. The highest BCUT2D eigenvalue weighted by atomic mass is 16.5. The monoisotopic (exact) mass is 706 g/mol. The molecule has 50 heavy (non-hydrogen) atoms. The summed E-state index contributed by atoms with van der Waals surface area (Å²) in [5, 5.41) is 11.2. The Labute approximate surface area is 312 Å². The SMILES string of the molecule is CC.CCCCCCCCCCCCC(O)CN(CCCCCCOC(=O)CC(CCCC)CCCCCC)C(Cn1ccnc1)C(C)(C)C. The van der Waals surface area contributed by atoms with E-state index in [9.17, 15) is 9.90 Å². The van der Waals surface area contributed by atoms with Crippen LogP contribution in [0.2, 0.25) is 0 Å². The fourth-order valence-electron chi connectivity index (χ4n) is 7.09. The third-order valence-corrected chi connectivity index (χ3v) is 10.2. The van der Waals surface area contributed by atoms with Crippen molar-refractivity contribution in [2.45, 2.75) is 228 Å². The molecule has 1 rings (SSSR count). The van der Waals surface area contributed by atoms with E-state index in [1.807, 2.05) is 26.4 Å². The van der Waals surface area contributed by atoms with Gasteiger partial charge in [0, 0.05) is 37.9 Å². The fraction of sp³-hybridized carbons (Fsp3) is 0.909. The average Bonchev–Trinajstić information content (AvgIpc) is 3.62. The lowest BCUT2D eigenvalue weighted by atomic mass is 9.85. The van der Waals surface area contributed by atoms with Crippen LogP contribution in [0.15, 0.2) is 18.7 Å². The summed E-state index contributed by atoms with van der Waals surface area (Å²) >= 11 is 0. The lowest BCUT2D eigenvalue weighted by molar-refractivity contribution is -0.145. The summed E-state index contributed by atoms with van der Waals surface area (Å²) in [5.74, 6) is 0.487. The zero-order valence-corrected chi connectivity index (χ0v) is 34.9. The molecule has 3 atom stereocenters. The van der Waals surface area contributed by atoms with Gasteiger partial charge in [-0.1, -0.05) is 171 Å². The maximum absolute atomic E-state index is 12.6. The highest BCUT2D eigenvalue weighted by molar-refractivity contribution is 5.69. The van der Waals surface area contributed by atoms with Crippen molar-refractivity contribution in [1.29, 1.82) is 0 Å². The van der Waals surface area contributed by atoms with E-state index >= 15 is 0 Å². The van der Waals surface area contributed by atoms with Crippen LogP contribution in [0.5, 0.6) is 0 Å². The van der Waals surface area contributed by atoms with Crippen molar-refractivity contribution in [2.75, 3.05) is 19.7 Å². The molecule has 6 heteroatoms. The van der Waals surface area contributed by atoms with Gasteiger partial charge in [-0.25, -0.2) is 4.98 Å². The van der Waals surface area contributed by atoms with Gasteiger partial charge in [0.2, 0.25) is 0 Å². The first-order valence-electron chi connectivity index (χ1n) is 21.7. The largest absolute Gasteiger partial charge is 0.466 e. The maximum Gasteiger partial charge on any atom is 0.306 e. The molecular formula is C44H87N3O3. The van der Waals surface area contributed by atoms with Crippen LogP contribution in [0.25, 0.3) is 0 Å². The minimum absolute atomic E-state index is 0.00156. The van der Waals surface area contributed by atoms with Gasteiger partial charge in [0.05, 0.1) is 19.0 Å². The normalized spacial score (nSPS) is 13.6. The van der Waals surface area contributed by atoms with Crippen molar-refractivity contribution in [3.8, 4) is 0 Å². The highest BCUT2D eigenvalue weighted by Gasteiger charge is 2.31. The Balaban J connectivity index is 0.0000118. The second kappa shape index (κ2) is 33.4. The van der Waals surface area contributed by atoms with E-state index in [1.54, 1.807) is 0 Å². The van der Waals surface area contributed by atoms with Gasteiger partial charge in [0.1, 0.15) is 0 Å². The van der Waals surface area contributed by atoms with Gasteiger partial charge in [-0.3, -0.25) is 9.69 Å². The molecule has 1 N–H and O–H groups in total. The molecule has 0 aliphatic heterocycles. The molecule has 0 aliphatic carbocycles. The van der Waals surface area contributed by atoms with Crippen molar-refractivity contribution in [2.24, 2.45) is 11.3 Å². The molecule has 1 aromatic rings. The summed E-state index contributed by atoms with van der Waals surface area (Å²) in [6.45, 7) is 20.8. The number of hydrogen-bond acceptors (Lipinski definition) is 5. The van der Waals surface area contributed by atoms with Gasteiger partial charge in [0.15, 0.2) is 0 Å². The van der Waals surface area contributed by atoms with Crippen LogP contribution >= 0.6 is 0 Å². The summed E-state index contributed by atoms with van der Waals surface area (Å²) < 4.78 is 7.88. The standard InChI is InChI=1S/C42H81N3O3.C2H6/c1-7-10-13-15-16-17-18-19-20-24-29-39(46)35-45(40(42(4,5)6)36-44-32-30-43-37-44)31-25-21-22-26-33-48-41(47)34-38(27-12-9-3)28-23-14-11-8-2;1-2/h30,32,37-40,46H,7-29,31,33-36H2,1-6H3;1-2H3. The van der Waals surface area contributed by atoms with Crippen LogP contribution in [0.1, 0.15) is 209 Å². The van der Waals surface area contributed by atoms with Crippen molar-refractivity contribution in [3.63, 3.8) is 0 Å². The van der Waals surface area contributed by atoms with Crippen LogP contribution in [-0.4, -0.2) is 57.4 Å². The van der Waals surface area contributed by atoms with Gasteiger partial charge < -0.3 is 14.4 Å². The van der Waals surface area contributed by atoms with Crippen molar-refractivity contribution in [3.05, 3.63) is 18.7 Å². The molecule has 6 nitrogen and oxygen atoms in total. The van der Waals surface area contributed by atoms with E-state index < -0.39 is 0 Å². The van der Waals surface area contributed by atoms with Crippen molar-refractivity contribution >= 4 is 5.97 Å². The number of aliphatic hydroxyl groups excluding tert-OH is 1. The summed E-state index contributed by atoms with van der Waals surface area (Å²) in [6.07, 6.45) is 34.2. The molecule has 296 valence electrons. The van der Waals surface area contributed by atoms with Crippen LogP contribution in [-0.2, 0) is 16.1 Å². The molecule has 1 heterocycles. The second-order valence-corrected chi connectivity index (χ2v) is 16.0. The summed E-state index contributed by atoms with van der Waals surface area (Å²) in [4.78, 5) is 19.5. The molecule has 0 radical (unpaired) electrons. The summed E-state index contributed by atoms with van der Waals surface area (Å²) in [7, 11) is 0. The number of rotatable bonds is 33. The Morgan fingerprint density at radius 1 is 0.740 bits per heavy atom. The number of unbranched alkanes of at least 4 members (excludes halogenated alkanes) is 16. The number of carbonyl (C=O) groups is 1. The number of nitrogens with zero attached hydrogens (tertiary/aromatic N) is 3. The number of esters is 1. The molecule has 3 unspecified atom stereocenters. The summed E-state index contributed by atoms with van der Waals surface area (Å²) in [6, 6.07) is 0.303. The molecule has 0 fully saturated rings. The number of imidazole rings is 1. The minimum Gasteiger partial charge on any atom is -0.466 e. The van der Waals surface area contributed by atoms with E-state index in [2.05, 4.69) is 62.2 Å². The molecule has 0 spiro atoms. The first kappa shape index (κ1) is 48.6. The Morgan fingerprint density at radius 3 is 1.84 bits per heavy atom. The zero-order chi connectivity index (χ0) is 37.3. The number of carbonyl (C=O) groups excluding carboxylic acids is 1. The predicted molar refractivity (Wildman–Crippen MR) is 217 cm³/mol. The summed E-state index contributed by atoms with van der Waals surface area (Å²) in [5.41, 5.74) is 0.0698. The number of hydrogen-bond donors (Lipinski definition) is 1. The number of aliphatic hydroxyl groups is 1. The van der Waals surface area contributed by atoms with E-state index in [-0.39, 0.29) is 17.5 Å². The quantitative estimate of drug-likeness (QED) is 0.0582. The first-order chi connectivity index (χ1) is 24.2. The molecule has 0 saturated carbocycles. The predicted octanol–water partition coefficient (Wildman–Crippen LogP) is 12.6. The first-order valence-corrected chi connectivity index (χ1v) is 21.7. The average molecular weight is 706 g/mol. The van der Waals surface area contributed by atoms with Gasteiger partial charge in [-0.2, -0.15) is 0 Å². The zero-order valence-electron chi connectivity index (χ0n) is 34.9. The van der Waals surface area contributed by atoms with E-state index in [4.69, 9.17) is 4.74 Å². The molecular weight excluding hydrogens is 619 g/mol. The smallest absolute Gasteiger partial charge is 0.306 e. The molecule has 0 bridgehead atoms. The van der Waals surface area contributed by atoms with Crippen LogP contribution in [0.4, 0.5) is 0 Å². The van der Waals surface area contributed by atoms with Gasteiger partial charge in [-0.15, -0.1) is 0 Å². The Morgan fingerprint density at radius 2 is 1.26 bits per heavy atom. The van der Waals surface area contributed by atoms with E-state index in [0.717, 1.165) is 71.0 Å². The van der Waals surface area contributed by atoms with E-state index in [1.165, 1.54) is 96.3 Å². The molecule has 0 amide bonds. The Hall–Kier alpha value is -1.40. The third kappa shape index (κ3) is 27.3. The topological polar surface area (TPSA) is 67.6 Å². The molecule has 0 saturated heterocycles.